The lowest BCUT2D eigenvalue weighted by Crippen LogP contribution is -2.48. The standard InChI is InChI=1S/C15H13BrN4O3S2/c16-11-2-1-10(23-11)13(22)19-14-18-9(6-25-14)5-12(21)20-15(7-17)3-4-24-8-15/h1-2,6H,3-5,8H2,(H,20,21)(H,18,19,22). The zero-order valence-corrected chi connectivity index (χ0v) is 16.1. The number of furan rings is 1. The first-order valence-electron chi connectivity index (χ1n) is 7.31. The van der Waals surface area contributed by atoms with Crippen LogP contribution >= 0.6 is 39.0 Å². The van der Waals surface area contributed by atoms with E-state index < -0.39 is 11.4 Å². The van der Waals surface area contributed by atoms with Crippen molar-refractivity contribution < 1.29 is 14.0 Å². The fourth-order valence-electron chi connectivity index (χ4n) is 2.30. The molecule has 1 fully saturated rings. The summed E-state index contributed by atoms with van der Waals surface area (Å²) in [5.74, 6) is 0.969. The number of carbonyl (C=O) groups excluding carboxylic acids is 2. The Balaban J connectivity index is 1.57. The van der Waals surface area contributed by atoms with Gasteiger partial charge >= 0.3 is 0 Å². The Hall–Kier alpha value is -1.83. The lowest BCUT2D eigenvalue weighted by Gasteiger charge is -2.20. The van der Waals surface area contributed by atoms with Gasteiger partial charge in [-0.2, -0.15) is 17.0 Å². The van der Waals surface area contributed by atoms with Gasteiger partial charge in [-0.05, 0) is 40.2 Å². The predicted molar refractivity (Wildman–Crippen MR) is 98.6 cm³/mol. The predicted octanol–water partition coefficient (Wildman–Crippen LogP) is 2.81. The third-order valence-corrected chi connectivity index (χ3v) is 5.95. The second-order valence-corrected chi connectivity index (χ2v) is 8.17. The molecule has 0 spiro atoms. The molecule has 0 aliphatic carbocycles. The van der Waals surface area contributed by atoms with E-state index in [2.05, 4.69) is 37.6 Å². The minimum atomic E-state index is -0.776. The Bertz CT molecular complexity index is 836. The van der Waals surface area contributed by atoms with E-state index in [4.69, 9.17) is 4.42 Å². The Morgan fingerprint density at radius 3 is 2.96 bits per heavy atom. The number of thioether (sulfide) groups is 1. The average Bonchev–Trinajstić information content (AvgIpc) is 3.30. The quantitative estimate of drug-likeness (QED) is 0.739. The van der Waals surface area contributed by atoms with Gasteiger partial charge in [-0.3, -0.25) is 14.9 Å². The molecule has 0 radical (unpaired) electrons. The summed E-state index contributed by atoms with van der Waals surface area (Å²) in [5.41, 5.74) is -0.237. The summed E-state index contributed by atoms with van der Waals surface area (Å²) in [6.07, 6.45) is 0.712. The second-order valence-electron chi connectivity index (χ2n) is 5.42. The molecule has 1 atom stereocenters. The Kier molecular flexibility index (Phi) is 5.46. The van der Waals surface area contributed by atoms with Gasteiger partial charge in [0, 0.05) is 11.1 Å². The number of anilines is 1. The first-order chi connectivity index (χ1) is 12.0. The maximum absolute atomic E-state index is 12.2. The van der Waals surface area contributed by atoms with Crippen molar-refractivity contribution in [3.63, 3.8) is 0 Å². The molecule has 0 bridgehead atoms. The van der Waals surface area contributed by atoms with Crippen LogP contribution in [-0.2, 0) is 11.2 Å². The highest BCUT2D eigenvalue weighted by Gasteiger charge is 2.36. The smallest absolute Gasteiger partial charge is 0.293 e. The van der Waals surface area contributed by atoms with Crippen LogP contribution in [0, 0.1) is 11.3 Å². The Morgan fingerprint density at radius 1 is 1.48 bits per heavy atom. The highest BCUT2D eigenvalue weighted by atomic mass is 79.9. The van der Waals surface area contributed by atoms with Gasteiger partial charge in [0.1, 0.15) is 5.54 Å². The monoisotopic (exact) mass is 440 g/mol. The summed E-state index contributed by atoms with van der Waals surface area (Å²) in [6.45, 7) is 0. The SMILES string of the molecule is N#CC1(NC(=O)Cc2csc(NC(=O)c3ccc(Br)o3)n2)CCSC1. The third-order valence-electron chi connectivity index (χ3n) is 3.53. The third kappa shape index (κ3) is 4.42. The highest BCUT2D eigenvalue weighted by Crippen LogP contribution is 2.27. The zero-order valence-electron chi connectivity index (χ0n) is 12.9. The molecular formula is C15H13BrN4O3S2. The van der Waals surface area contributed by atoms with Crippen LogP contribution in [0.4, 0.5) is 5.13 Å². The molecule has 1 saturated heterocycles. The summed E-state index contributed by atoms with van der Waals surface area (Å²) in [5, 5.41) is 16.8. The first kappa shape index (κ1) is 18.0. The first-order valence-corrected chi connectivity index (χ1v) is 10.1. The van der Waals surface area contributed by atoms with Crippen LogP contribution in [0.25, 0.3) is 0 Å². The average molecular weight is 441 g/mol. The molecular weight excluding hydrogens is 428 g/mol. The Morgan fingerprint density at radius 2 is 2.32 bits per heavy atom. The molecule has 10 heteroatoms. The molecule has 0 aromatic carbocycles. The van der Waals surface area contributed by atoms with E-state index in [0.717, 1.165) is 5.75 Å². The van der Waals surface area contributed by atoms with Crippen LogP contribution < -0.4 is 10.6 Å². The molecule has 0 saturated carbocycles. The molecule has 3 heterocycles. The van der Waals surface area contributed by atoms with Crippen molar-refractivity contribution in [1.29, 1.82) is 5.26 Å². The number of amides is 2. The van der Waals surface area contributed by atoms with Crippen LogP contribution in [0.15, 0.2) is 26.6 Å². The van der Waals surface area contributed by atoms with Gasteiger partial charge in [0.15, 0.2) is 15.6 Å². The van der Waals surface area contributed by atoms with Crippen molar-refractivity contribution >= 4 is 56.0 Å². The van der Waals surface area contributed by atoms with E-state index in [0.29, 0.717) is 27.7 Å². The lowest BCUT2D eigenvalue weighted by molar-refractivity contribution is -0.121. The number of carbonyl (C=O) groups is 2. The summed E-state index contributed by atoms with van der Waals surface area (Å²) in [6, 6.07) is 5.37. The molecule has 7 nitrogen and oxygen atoms in total. The van der Waals surface area contributed by atoms with E-state index >= 15 is 0 Å². The maximum atomic E-state index is 12.2. The number of nitrogens with one attached hydrogen (secondary N) is 2. The molecule has 2 aromatic heterocycles. The summed E-state index contributed by atoms with van der Waals surface area (Å²) < 4.78 is 5.63. The second kappa shape index (κ2) is 7.59. The van der Waals surface area contributed by atoms with Gasteiger partial charge in [-0.25, -0.2) is 4.98 Å². The number of nitriles is 1. The van der Waals surface area contributed by atoms with E-state index in [9.17, 15) is 14.9 Å². The van der Waals surface area contributed by atoms with Crippen LogP contribution in [0.1, 0.15) is 22.7 Å². The van der Waals surface area contributed by atoms with E-state index in [1.807, 2.05) is 0 Å². The number of rotatable bonds is 5. The molecule has 130 valence electrons. The molecule has 2 aromatic rings. The molecule has 1 unspecified atom stereocenters. The van der Waals surface area contributed by atoms with Crippen molar-refractivity contribution in [1.82, 2.24) is 10.3 Å². The van der Waals surface area contributed by atoms with E-state index in [1.165, 1.54) is 11.3 Å². The van der Waals surface area contributed by atoms with E-state index in [1.54, 1.807) is 29.3 Å². The molecule has 2 N–H and O–H groups in total. The number of hydrogen-bond acceptors (Lipinski definition) is 7. The molecule has 2 amide bonds. The van der Waals surface area contributed by atoms with E-state index in [-0.39, 0.29) is 18.1 Å². The van der Waals surface area contributed by atoms with Gasteiger partial charge in [0.25, 0.3) is 5.91 Å². The van der Waals surface area contributed by atoms with Gasteiger partial charge in [0.05, 0.1) is 18.2 Å². The fraction of sp³-hybridized carbons (Fsp3) is 0.333. The maximum Gasteiger partial charge on any atom is 0.293 e. The molecule has 25 heavy (non-hydrogen) atoms. The van der Waals surface area contributed by atoms with Crippen molar-refractivity contribution in [2.45, 2.75) is 18.4 Å². The molecule has 1 aliphatic rings. The summed E-state index contributed by atoms with van der Waals surface area (Å²) in [7, 11) is 0. The minimum absolute atomic E-state index is 0.0623. The number of halogens is 1. The number of thiazole rings is 1. The van der Waals surface area contributed by atoms with Crippen LogP contribution in [0.3, 0.4) is 0 Å². The van der Waals surface area contributed by atoms with Gasteiger partial charge in [-0.15, -0.1) is 11.3 Å². The number of hydrogen-bond donors (Lipinski definition) is 2. The minimum Gasteiger partial charge on any atom is -0.444 e. The van der Waals surface area contributed by atoms with Gasteiger partial charge < -0.3 is 9.73 Å². The fourth-order valence-corrected chi connectivity index (χ4v) is 4.57. The largest absolute Gasteiger partial charge is 0.444 e. The lowest BCUT2D eigenvalue weighted by atomic mass is 10.0. The molecule has 1 aliphatic heterocycles. The topological polar surface area (TPSA) is 108 Å². The summed E-state index contributed by atoms with van der Waals surface area (Å²) in [4.78, 5) is 28.4. The zero-order chi connectivity index (χ0) is 17.9. The van der Waals surface area contributed by atoms with Crippen molar-refractivity contribution in [3.05, 3.63) is 33.6 Å². The number of aromatic nitrogens is 1. The molecule has 3 rings (SSSR count). The van der Waals surface area contributed by atoms with Gasteiger partial charge in [0.2, 0.25) is 5.91 Å². The summed E-state index contributed by atoms with van der Waals surface area (Å²) >= 11 is 6.01. The van der Waals surface area contributed by atoms with Crippen molar-refractivity contribution in [2.75, 3.05) is 16.8 Å². The normalized spacial score (nSPS) is 19.4. The highest BCUT2D eigenvalue weighted by molar-refractivity contribution is 9.10. The van der Waals surface area contributed by atoms with Crippen molar-refractivity contribution in [3.8, 4) is 6.07 Å². The number of nitrogens with zero attached hydrogens (tertiary/aromatic N) is 2. The van der Waals surface area contributed by atoms with Crippen LogP contribution in [-0.4, -0.2) is 33.8 Å². The van der Waals surface area contributed by atoms with Crippen molar-refractivity contribution in [2.24, 2.45) is 0 Å². The van der Waals surface area contributed by atoms with Crippen LogP contribution in [0.2, 0.25) is 0 Å². The van der Waals surface area contributed by atoms with Crippen LogP contribution in [0.5, 0.6) is 0 Å². The Labute approximate surface area is 160 Å². The van der Waals surface area contributed by atoms with Gasteiger partial charge in [-0.1, -0.05) is 0 Å².